The predicted molar refractivity (Wildman–Crippen MR) is 127 cm³/mol. The van der Waals surface area contributed by atoms with Crippen LogP contribution >= 0.6 is 22.9 Å². The molecule has 1 aliphatic rings. The molecule has 8 nitrogen and oxygen atoms in total. The third-order valence-electron chi connectivity index (χ3n) is 5.47. The molecular formula is C23H23ClFN5O3S. The van der Waals surface area contributed by atoms with Gasteiger partial charge in [0.15, 0.2) is 5.13 Å². The zero-order valence-corrected chi connectivity index (χ0v) is 19.7. The molecule has 0 bridgehead atoms. The van der Waals surface area contributed by atoms with E-state index in [9.17, 15) is 19.1 Å². The second-order valence-corrected chi connectivity index (χ2v) is 9.19. The Bertz CT molecular complexity index is 1180. The van der Waals surface area contributed by atoms with Crippen molar-refractivity contribution >= 4 is 39.9 Å². The van der Waals surface area contributed by atoms with Crippen LogP contribution < -0.4 is 10.6 Å². The van der Waals surface area contributed by atoms with Crippen LogP contribution in [0.3, 0.4) is 0 Å². The molecule has 3 heterocycles. The zero-order valence-electron chi connectivity index (χ0n) is 18.1. The first-order valence-electron chi connectivity index (χ1n) is 10.7. The largest absolute Gasteiger partial charge is 0.390 e. The van der Waals surface area contributed by atoms with Gasteiger partial charge in [-0.05, 0) is 43.2 Å². The maximum Gasteiger partial charge on any atom is 0.271 e. The molecule has 4 rings (SSSR count). The fourth-order valence-electron chi connectivity index (χ4n) is 3.67. The quantitative estimate of drug-likeness (QED) is 0.455. The number of aliphatic hydroxyl groups is 1. The first kappa shape index (κ1) is 24.2. The Morgan fingerprint density at radius 3 is 2.65 bits per heavy atom. The van der Waals surface area contributed by atoms with Crippen molar-refractivity contribution in [1.29, 1.82) is 0 Å². The summed E-state index contributed by atoms with van der Waals surface area (Å²) in [5.74, 6) is -1.39. The number of hydrogen-bond acceptors (Lipinski definition) is 7. The van der Waals surface area contributed by atoms with Crippen LogP contribution in [-0.2, 0) is 13.2 Å². The third-order valence-corrected chi connectivity index (χ3v) is 6.52. The molecule has 34 heavy (non-hydrogen) atoms. The maximum atomic E-state index is 13.3. The molecule has 1 fully saturated rings. The molecule has 1 saturated heterocycles. The Balaban J connectivity index is 1.26. The minimum absolute atomic E-state index is 0.0292. The van der Waals surface area contributed by atoms with E-state index in [1.807, 2.05) is 12.1 Å². The van der Waals surface area contributed by atoms with E-state index in [1.54, 1.807) is 11.4 Å². The number of anilines is 1. The molecule has 0 unspecified atom stereocenters. The number of carbonyl (C=O) groups is 2. The summed E-state index contributed by atoms with van der Waals surface area (Å²) < 4.78 is 13.3. The van der Waals surface area contributed by atoms with Gasteiger partial charge in [0, 0.05) is 36.6 Å². The average molecular weight is 504 g/mol. The minimum Gasteiger partial charge on any atom is -0.390 e. The molecule has 1 aromatic carbocycles. The van der Waals surface area contributed by atoms with Gasteiger partial charge in [-0.15, -0.1) is 11.3 Å². The standard InChI is InChI=1S/C23H23ClFN5O3S/c24-18-10-14(4-5-19(18)25)21(32)29-23-28-20(13-34-23)22(33)27-15-6-8-30(9-7-15)11-16-2-1-3-17(12-31)26-16/h1-5,10,13,15,31H,6-9,11-12H2,(H,27,33)(H,28,29,32). The van der Waals surface area contributed by atoms with Crippen molar-refractivity contribution in [3.63, 3.8) is 0 Å². The highest BCUT2D eigenvalue weighted by Gasteiger charge is 2.23. The normalized spacial score (nSPS) is 14.7. The molecule has 0 atom stereocenters. The number of nitrogens with one attached hydrogen (secondary N) is 2. The molecule has 0 aliphatic carbocycles. The van der Waals surface area contributed by atoms with Crippen LogP contribution in [0.4, 0.5) is 9.52 Å². The number of hydrogen-bond donors (Lipinski definition) is 3. The Kier molecular flexibility index (Phi) is 7.84. The van der Waals surface area contributed by atoms with Gasteiger partial charge >= 0.3 is 0 Å². The first-order valence-corrected chi connectivity index (χ1v) is 12.0. The van der Waals surface area contributed by atoms with E-state index in [2.05, 4.69) is 25.5 Å². The summed E-state index contributed by atoms with van der Waals surface area (Å²) in [6.45, 7) is 2.25. The molecule has 2 amide bonds. The SMILES string of the molecule is O=C(Nc1nc(C(=O)NC2CCN(Cc3cccc(CO)n3)CC2)cs1)c1ccc(F)c(Cl)c1. The van der Waals surface area contributed by atoms with Crippen LogP contribution in [0.5, 0.6) is 0 Å². The van der Waals surface area contributed by atoms with Crippen molar-refractivity contribution in [2.45, 2.75) is 32.0 Å². The van der Waals surface area contributed by atoms with Gasteiger partial charge in [-0.25, -0.2) is 9.37 Å². The maximum absolute atomic E-state index is 13.3. The molecule has 1 aliphatic heterocycles. The van der Waals surface area contributed by atoms with Crippen LogP contribution in [0.15, 0.2) is 41.8 Å². The highest BCUT2D eigenvalue weighted by molar-refractivity contribution is 7.14. The Morgan fingerprint density at radius 2 is 1.91 bits per heavy atom. The van der Waals surface area contributed by atoms with Gasteiger partial charge in [-0.2, -0.15) is 0 Å². The Hall–Kier alpha value is -2.92. The number of rotatable bonds is 7. The lowest BCUT2D eigenvalue weighted by molar-refractivity contribution is 0.0903. The lowest BCUT2D eigenvalue weighted by atomic mass is 10.0. The molecule has 0 spiro atoms. The number of piperidine rings is 1. The molecule has 3 aromatic rings. The molecule has 0 saturated carbocycles. The van der Waals surface area contributed by atoms with Gasteiger partial charge in [-0.1, -0.05) is 17.7 Å². The van der Waals surface area contributed by atoms with Crippen molar-refractivity contribution in [1.82, 2.24) is 20.2 Å². The molecule has 3 N–H and O–H groups in total. The summed E-state index contributed by atoms with van der Waals surface area (Å²) in [6.07, 6.45) is 1.59. The van der Waals surface area contributed by atoms with E-state index < -0.39 is 11.7 Å². The summed E-state index contributed by atoms with van der Waals surface area (Å²) in [4.78, 5) is 35.8. The van der Waals surface area contributed by atoms with Gasteiger partial charge in [0.25, 0.3) is 11.8 Å². The number of aliphatic hydroxyl groups excluding tert-OH is 1. The van der Waals surface area contributed by atoms with Crippen LogP contribution in [0.25, 0.3) is 0 Å². The molecule has 0 radical (unpaired) electrons. The van der Waals surface area contributed by atoms with Crippen LogP contribution in [0.1, 0.15) is 45.1 Å². The second-order valence-electron chi connectivity index (χ2n) is 7.92. The van der Waals surface area contributed by atoms with Gasteiger partial charge in [0.05, 0.1) is 23.0 Å². The monoisotopic (exact) mass is 503 g/mol. The third kappa shape index (κ3) is 6.15. The van der Waals surface area contributed by atoms with E-state index in [1.165, 1.54) is 12.1 Å². The molecule has 11 heteroatoms. The smallest absolute Gasteiger partial charge is 0.271 e. The van der Waals surface area contributed by atoms with Gasteiger partial charge in [0.2, 0.25) is 0 Å². The van der Waals surface area contributed by atoms with Gasteiger partial charge < -0.3 is 10.4 Å². The topological polar surface area (TPSA) is 107 Å². The van der Waals surface area contributed by atoms with Gasteiger partial charge in [-0.3, -0.25) is 24.8 Å². The lowest BCUT2D eigenvalue weighted by Gasteiger charge is -2.32. The zero-order chi connectivity index (χ0) is 24.1. The van der Waals surface area contributed by atoms with Crippen LogP contribution in [0.2, 0.25) is 5.02 Å². The fourth-order valence-corrected chi connectivity index (χ4v) is 4.54. The second kappa shape index (κ2) is 11.0. The Morgan fingerprint density at radius 1 is 1.15 bits per heavy atom. The van der Waals surface area contributed by atoms with Crippen molar-refractivity contribution in [2.24, 2.45) is 0 Å². The van der Waals surface area contributed by atoms with Crippen LogP contribution in [-0.4, -0.2) is 50.9 Å². The number of halogens is 2. The van der Waals surface area contributed by atoms with E-state index in [0.717, 1.165) is 49.0 Å². The Labute approximate surface area is 204 Å². The number of benzene rings is 1. The lowest BCUT2D eigenvalue weighted by Crippen LogP contribution is -2.44. The predicted octanol–water partition coefficient (Wildman–Crippen LogP) is 3.47. The van der Waals surface area contributed by atoms with E-state index in [0.29, 0.717) is 12.2 Å². The first-order chi connectivity index (χ1) is 16.4. The summed E-state index contributed by atoms with van der Waals surface area (Å²) in [6, 6.07) is 9.33. The van der Waals surface area contributed by atoms with E-state index >= 15 is 0 Å². The summed E-state index contributed by atoms with van der Waals surface area (Å²) in [5, 5.41) is 16.5. The summed E-state index contributed by atoms with van der Waals surface area (Å²) in [7, 11) is 0. The van der Waals surface area contributed by atoms with Crippen LogP contribution in [0, 0.1) is 5.82 Å². The summed E-state index contributed by atoms with van der Waals surface area (Å²) in [5.41, 5.74) is 1.98. The number of aromatic nitrogens is 2. The fraction of sp³-hybridized carbons (Fsp3) is 0.304. The van der Waals surface area contributed by atoms with E-state index in [-0.39, 0.29) is 40.0 Å². The van der Waals surface area contributed by atoms with Crippen molar-refractivity contribution in [3.8, 4) is 0 Å². The molecule has 2 aromatic heterocycles. The van der Waals surface area contributed by atoms with Crippen molar-refractivity contribution in [3.05, 3.63) is 75.3 Å². The van der Waals surface area contributed by atoms with Gasteiger partial charge in [0.1, 0.15) is 11.5 Å². The number of carbonyl (C=O) groups excluding carboxylic acids is 2. The number of pyridine rings is 1. The highest BCUT2D eigenvalue weighted by Crippen LogP contribution is 2.20. The number of thiazole rings is 1. The number of likely N-dealkylation sites (tertiary alicyclic amines) is 1. The minimum atomic E-state index is -0.607. The number of amides is 2. The summed E-state index contributed by atoms with van der Waals surface area (Å²) >= 11 is 6.86. The molecular weight excluding hydrogens is 481 g/mol. The highest BCUT2D eigenvalue weighted by atomic mass is 35.5. The number of nitrogens with zero attached hydrogens (tertiary/aromatic N) is 3. The van der Waals surface area contributed by atoms with Crippen molar-refractivity contribution in [2.75, 3.05) is 18.4 Å². The molecule has 178 valence electrons. The van der Waals surface area contributed by atoms with E-state index in [4.69, 9.17) is 11.6 Å². The average Bonchev–Trinajstić information content (AvgIpc) is 3.31. The van der Waals surface area contributed by atoms with Crippen molar-refractivity contribution < 1.29 is 19.1 Å².